The highest BCUT2D eigenvalue weighted by Gasteiger charge is 2.31. The Labute approximate surface area is 183 Å². The van der Waals surface area contributed by atoms with Crippen LogP contribution >= 0.6 is 15.9 Å². The summed E-state index contributed by atoms with van der Waals surface area (Å²) in [6, 6.07) is 9.07. The maximum atomic E-state index is 13.2. The number of anilines is 1. The van der Waals surface area contributed by atoms with Crippen molar-refractivity contribution in [2.24, 2.45) is 0 Å². The van der Waals surface area contributed by atoms with Crippen LogP contribution in [0.4, 0.5) is 5.69 Å². The Kier molecular flexibility index (Phi) is 7.32. The topological polar surface area (TPSA) is 106 Å². The average Bonchev–Trinajstić information content (AvgIpc) is 3.19. The van der Waals surface area contributed by atoms with Crippen LogP contribution in [0.5, 0.6) is 0 Å². The number of furan rings is 1. The third-order valence-corrected chi connectivity index (χ3v) is 7.41. The van der Waals surface area contributed by atoms with Crippen molar-refractivity contribution >= 4 is 43.5 Å². The van der Waals surface area contributed by atoms with Crippen molar-refractivity contribution < 1.29 is 27.2 Å². The predicted molar refractivity (Wildman–Crippen MR) is 114 cm³/mol. The van der Waals surface area contributed by atoms with Gasteiger partial charge >= 0.3 is 5.97 Å². The van der Waals surface area contributed by atoms with E-state index in [9.17, 15) is 18.0 Å². The second-order valence-electron chi connectivity index (χ2n) is 7.04. The highest BCUT2D eigenvalue weighted by molar-refractivity contribution is 9.10. The Bertz CT molecular complexity index is 1010. The number of carbonyl (C=O) groups excluding carboxylic acids is 2. The number of rotatable bonds is 7. The third kappa shape index (κ3) is 5.30. The van der Waals surface area contributed by atoms with Crippen molar-refractivity contribution in [3.8, 4) is 0 Å². The summed E-state index contributed by atoms with van der Waals surface area (Å²) in [7, 11) is -2.22. The molecule has 0 atom stereocenters. The molecule has 30 heavy (non-hydrogen) atoms. The number of ether oxygens (including phenoxy) is 1. The molecule has 0 unspecified atom stereocenters. The summed E-state index contributed by atoms with van der Waals surface area (Å²) in [6.45, 7) is -0.579. The molecular formula is C20H23BrN2O6S. The molecule has 1 N–H and O–H groups in total. The Hall–Kier alpha value is -2.17. The van der Waals surface area contributed by atoms with E-state index in [1.54, 1.807) is 19.2 Å². The fraction of sp³-hybridized carbons (Fsp3) is 0.400. The number of nitrogens with zero attached hydrogens (tertiary/aromatic N) is 1. The molecule has 0 bridgehead atoms. The van der Waals surface area contributed by atoms with Gasteiger partial charge in [-0.15, -0.1) is 0 Å². The number of carbonyl (C=O) groups is 2. The first kappa shape index (κ1) is 22.5. The van der Waals surface area contributed by atoms with E-state index in [2.05, 4.69) is 21.2 Å². The van der Waals surface area contributed by atoms with Gasteiger partial charge in [0.15, 0.2) is 11.3 Å². The molecule has 10 heteroatoms. The quantitative estimate of drug-likeness (QED) is 0.582. The number of benzene rings is 1. The number of amides is 1. The molecule has 3 rings (SSSR count). The zero-order valence-electron chi connectivity index (χ0n) is 16.5. The zero-order chi connectivity index (χ0) is 21.7. The first-order chi connectivity index (χ1) is 14.3. The van der Waals surface area contributed by atoms with Gasteiger partial charge in [-0.3, -0.25) is 4.79 Å². The Balaban J connectivity index is 1.68. The van der Waals surface area contributed by atoms with Crippen LogP contribution in [0.3, 0.4) is 0 Å². The van der Waals surface area contributed by atoms with Crippen molar-refractivity contribution in [3.63, 3.8) is 0 Å². The second kappa shape index (κ2) is 9.76. The number of hydrogen-bond donors (Lipinski definition) is 1. The van der Waals surface area contributed by atoms with Crippen LogP contribution in [0.25, 0.3) is 0 Å². The van der Waals surface area contributed by atoms with E-state index in [1.165, 1.54) is 28.6 Å². The van der Waals surface area contributed by atoms with Gasteiger partial charge in [0.25, 0.3) is 5.91 Å². The van der Waals surface area contributed by atoms with Gasteiger partial charge in [0.05, 0.1) is 5.69 Å². The summed E-state index contributed by atoms with van der Waals surface area (Å²) in [5.74, 6) is -1.50. The maximum Gasteiger partial charge on any atom is 0.374 e. The van der Waals surface area contributed by atoms with Crippen molar-refractivity contribution in [2.45, 2.75) is 43.0 Å². The summed E-state index contributed by atoms with van der Waals surface area (Å²) >= 11 is 3.08. The van der Waals surface area contributed by atoms with Crippen LogP contribution < -0.4 is 5.32 Å². The van der Waals surface area contributed by atoms with Crippen molar-refractivity contribution in [3.05, 3.63) is 46.8 Å². The molecule has 162 valence electrons. The van der Waals surface area contributed by atoms with Crippen LogP contribution in [0.15, 0.2) is 50.4 Å². The monoisotopic (exact) mass is 498 g/mol. The second-order valence-corrected chi connectivity index (χ2v) is 9.78. The molecule has 1 heterocycles. The largest absolute Gasteiger partial charge is 0.450 e. The van der Waals surface area contributed by atoms with E-state index in [1.807, 2.05) is 0 Å². The van der Waals surface area contributed by atoms with E-state index in [0.717, 1.165) is 32.1 Å². The van der Waals surface area contributed by atoms with Crippen LogP contribution in [-0.4, -0.2) is 44.3 Å². The Morgan fingerprint density at radius 3 is 2.53 bits per heavy atom. The molecule has 1 aromatic heterocycles. The number of esters is 1. The number of halogens is 1. The molecule has 1 fully saturated rings. The summed E-state index contributed by atoms with van der Waals surface area (Å²) < 4.78 is 38.1. The number of nitrogens with one attached hydrogen (secondary N) is 1. The molecule has 1 amide bonds. The van der Waals surface area contributed by atoms with Gasteiger partial charge in [0, 0.05) is 13.1 Å². The lowest BCUT2D eigenvalue weighted by Crippen LogP contribution is -2.38. The first-order valence-electron chi connectivity index (χ1n) is 9.58. The Morgan fingerprint density at radius 1 is 1.17 bits per heavy atom. The minimum Gasteiger partial charge on any atom is -0.450 e. The van der Waals surface area contributed by atoms with Crippen molar-refractivity contribution in [1.29, 1.82) is 0 Å². The molecule has 0 aliphatic heterocycles. The van der Waals surface area contributed by atoms with Gasteiger partial charge in [-0.1, -0.05) is 31.4 Å². The smallest absolute Gasteiger partial charge is 0.374 e. The maximum absolute atomic E-state index is 13.2. The van der Waals surface area contributed by atoms with Gasteiger partial charge < -0.3 is 14.5 Å². The normalized spacial score (nSPS) is 15.2. The molecule has 1 aromatic carbocycles. The number of para-hydroxylation sites is 1. The number of sulfonamides is 1. The molecular weight excluding hydrogens is 476 g/mol. The van der Waals surface area contributed by atoms with Gasteiger partial charge in [0.2, 0.25) is 15.8 Å². The van der Waals surface area contributed by atoms with E-state index in [0.29, 0.717) is 4.67 Å². The summed E-state index contributed by atoms with van der Waals surface area (Å²) in [4.78, 5) is 24.2. The zero-order valence-corrected chi connectivity index (χ0v) is 18.9. The average molecular weight is 499 g/mol. The summed E-state index contributed by atoms with van der Waals surface area (Å²) in [6.07, 6.45) is 4.76. The van der Waals surface area contributed by atoms with Crippen molar-refractivity contribution in [1.82, 2.24) is 4.31 Å². The van der Waals surface area contributed by atoms with Gasteiger partial charge in [0.1, 0.15) is 4.90 Å². The van der Waals surface area contributed by atoms with Crippen LogP contribution in [0.2, 0.25) is 0 Å². The minimum atomic E-state index is -3.80. The lowest BCUT2D eigenvalue weighted by molar-refractivity contribution is -0.119. The van der Waals surface area contributed by atoms with Gasteiger partial charge in [-0.2, -0.15) is 4.31 Å². The Morgan fingerprint density at radius 2 is 1.87 bits per heavy atom. The fourth-order valence-electron chi connectivity index (χ4n) is 3.40. The molecule has 0 radical (unpaired) electrons. The van der Waals surface area contributed by atoms with Gasteiger partial charge in [-0.05, 0) is 53.0 Å². The van der Waals surface area contributed by atoms with E-state index < -0.39 is 28.5 Å². The predicted octanol–water partition coefficient (Wildman–Crippen LogP) is 3.79. The standard InChI is InChI=1S/C20H23BrN2O6S/c1-23(14-7-3-2-4-8-14)30(26,27)17-10-6-5-9-15(17)22-19(24)13-28-20(25)16-11-12-18(21)29-16/h5-6,9-12,14H,2-4,7-8,13H2,1H3,(H,22,24). The molecule has 2 aromatic rings. The minimum absolute atomic E-state index is 0.00714. The highest BCUT2D eigenvalue weighted by atomic mass is 79.9. The molecule has 0 spiro atoms. The van der Waals surface area contributed by atoms with Gasteiger partial charge in [-0.25, -0.2) is 13.2 Å². The molecule has 1 saturated carbocycles. The lowest BCUT2D eigenvalue weighted by atomic mass is 9.96. The summed E-state index contributed by atoms with van der Waals surface area (Å²) in [5.41, 5.74) is 0.141. The molecule has 1 aliphatic rings. The number of hydrogen-bond acceptors (Lipinski definition) is 6. The highest BCUT2D eigenvalue weighted by Crippen LogP contribution is 2.29. The van der Waals surface area contributed by atoms with Crippen LogP contribution in [0.1, 0.15) is 42.7 Å². The van der Waals surface area contributed by atoms with Crippen molar-refractivity contribution in [2.75, 3.05) is 19.0 Å². The first-order valence-corrected chi connectivity index (χ1v) is 11.8. The van der Waals surface area contributed by atoms with E-state index in [4.69, 9.17) is 9.15 Å². The molecule has 0 saturated heterocycles. The SMILES string of the molecule is CN(C1CCCCC1)S(=O)(=O)c1ccccc1NC(=O)COC(=O)c1ccc(Br)o1. The lowest BCUT2D eigenvalue weighted by Gasteiger charge is -2.30. The summed E-state index contributed by atoms with van der Waals surface area (Å²) in [5, 5.41) is 2.52. The van der Waals surface area contributed by atoms with Crippen LogP contribution in [-0.2, 0) is 19.6 Å². The molecule has 1 aliphatic carbocycles. The van der Waals surface area contributed by atoms with E-state index >= 15 is 0 Å². The van der Waals surface area contributed by atoms with Crippen LogP contribution in [0, 0.1) is 0 Å². The molecule has 8 nitrogen and oxygen atoms in total. The fourth-order valence-corrected chi connectivity index (χ4v) is 5.27. The van der Waals surface area contributed by atoms with E-state index in [-0.39, 0.29) is 22.4 Å². The third-order valence-electron chi connectivity index (χ3n) is 5.02.